The molecule has 3 aromatic rings. The summed E-state index contributed by atoms with van der Waals surface area (Å²) in [6, 6.07) is 13.9. The van der Waals surface area contributed by atoms with Crippen LogP contribution in [0.15, 0.2) is 59.6 Å². The van der Waals surface area contributed by atoms with Gasteiger partial charge in [-0.1, -0.05) is 18.2 Å². The number of hydrogen-bond acceptors (Lipinski definition) is 9. The van der Waals surface area contributed by atoms with E-state index in [1.165, 1.54) is 10.5 Å². The quantitative estimate of drug-likeness (QED) is 0.211. The number of anilines is 1. The van der Waals surface area contributed by atoms with Crippen LogP contribution in [-0.2, 0) is 25.7 Å². The van der Waals surface area contributed by atoms with Crippen LogP contribution in [0.2, 0.25) is 0 Å². The van der Waals surface area contributed by atoms with Crippen molar-refractivity contribution >= 4 is 37.5 Å². The fourth-order valence-electron chi connectivity index (χ4n) is 5.22. The predicted octanol–water partition coefficient (Wildman–Crippen LogP) is 2.25. The molecule has 2 saturated heterocycles. The largest absolute Gasteiger partial charge is 0.506 e. The van der Waals surface area contributed by atoms with Gasteiger partial charge in [0.05, 0.1) is 36.2 Å². The van der Waals surface area contributed by atoms with E-state index >= 15 is 0 Å². The predicted molar refractivity (Wildman–Crippen MR) is 147 cm³/mol. The summed E-state index contributed by atoms with van der Waals surface area (Å²) in [7, 11) is -6.61. The summed E-state index contributed by atoms with van der Waals surface area (Å²) in [5.41, 5.74) is 0.636. The number of fused-ring (bicyclic) bond motifs is 1. The molecule has 2 fully saturated rings. The van der Waals surface area contributed by atoms with Crippen molar-refractivity contribution in [1.82, 2.24) is 14.6 Å². The number of nitrogens with one attached hydrogen (secondary N) is 2. The summed E-state index contributed by atoms with van der Waals surface area (Å²) in [6.07, 6.45) is 3.94. The van der Waals surface area contributed by atoms with Gasteiger partial charge in [0.15, 0.2) is 0 Å². The summed E-state index contributed by atoms with van der Waals surface area (Å²) < 4.78 is 63.9. The van der Waals surface area contributed by atoms with Crippen LogP contribution in [0.25, 0.3) is 10.9 Å². The van der Waals surface area contributed by atoms with Crippen molar-refractivity contribution in [3.8, 4) is 11.5 Å². The van der Waals surface area contributed by atoms with Crippen molar-refractivity contribution in [2.75, 3.05) is 37.6 Å². The number of aromatic nitrogens is 1. The van der Waals surface area contributed by atoms with Crippen LogP contribution < -0.4 is 14.8 Å². The molecule has 39 heavy (non-hydrogen) atoms. The molecule has 2 aromatic carbocycles. The van der Waals surface area contributed by atoms with E-state index in [4.69, 9.17) is 9.47 Å². The highest BCUT2D eigenvalue weighted by atomic mass is 32.2. The molecule has 0 radical (unpaired) electrons. The van der Waals surface area contributed by atoms with Gasteiger partial charge >= 0.3 is 0 Å². The van der Waals surface area contributed by atoms with Crippen LogP contribution in [0.3, 0.4) is 0 Å². The van der Waals surface area contributed by atoms with E-state index in [1.807, 2.05) is 0 Å². The molecule has 0 unspecified atom stereocenters. The number of sulfonamides is 1. The van der Waals surface area contributed by atoms with E-state index in [9.17, 15) is 21.9 Å². The molecule has 2 aliphatic heterocycles. The second-order valence-corrected chi connectivity index (χ2v) is 12.5. The lowest BCUT2D eigenvalue weighted by atomic mass is 9.88. The smallest absolute Gasteiger partial charge is 0.248 e. The highest BCUT2D eigenvalue weighted by Crippen LogP contribution is 2.39. The molecule has 13 heteroatoms. The van der Waals surface area contributed by atoms with Gasteiger partial charge in [-0.05, 0) is 56.5 Å². The second kappa shape index (κ2) is 11.6. The number of pyridine rings is 1. The Labute approximate surface area is 229 Å². The monoisotopic (exact) mass is 576 g/mol. The third-order valence-electron chi connectivity index (χ3n) is 7.25. The molecule has 0 saturated carbocycles. The number of rotatable bonds is 10. The minimum absolute atomic E-state index is 0.169. The topological polar surface area (TPSA) is 147 Å². The highest BCUT2D eigenvalue weighted by Gasteiger charge is 2.45. The molecule has 3 N–H and O–H groups in total. The van der Waals surface area contributed by atoms with Crippen LogP contribution in [0.4, 0.5) is 5.69 Å². The average Bonchev–Trinajstić information content (AvgIpc) is 3.30. The third-order valence-corrected chi connectivity index (χ3v) is 9.59. The van der Waals surface area contributed by atoms with Crippen LogP contribution >= 0.6 is 0 Å². The molecule has 0 aliphatic carbocycles. The Kier molecular flexibility index (Phi) is 8.24. The standard InChI is InChI=1S/C26H32N4O7S2/c31-25-22-7-1-2-8-23(22)28-17-24(25)39(34,35)30-12-9-26(10-13-30)16-20(18-37-26)27-11-4-14-36-21-6-3-5-19(15-21)29-38(32)33/h1-3,5-8,15,17,20,27,38H,4,9-14,16,18H2,(H,28,31)(H,29,32,33)/t20-/m1/s1. The fraction of sp³-hybridized carbons (Fsp3) is 0.423. The van der Waals surface area contributed by atoms with Gasteiger partial charge in [0.1, 0.15) is 16.4 Å². The van der Waals surface area contributed by atoms with Crippen molar-refractivity contribution < 1.29 is 31.4 Å². The molecule has 1 atom stereocenters. The summed E-state index contributed by atoms with van der Waals surface area (Å²) in [5, 5.41) is 14.6. The minimum Gasteiger partial charge on any atom is -0.506 e. The number of ether oxygens (including phenoxy) is 2. The number of para-hydroxylation sites is 1. The van der Waals surface area contributed by atoms with Crippen molar-refractivity contribution in [3.63, 3.8) is 0 Å². The van der Waals surface area contributed by atoms with E-state index in [-0.39, 0.29) is 22.3 Å². The fourth-order valence-corrected chi connectivity index (χ4v) is 7.06. The summed E-state index contributed by atoms with van der Waals surface area (Å²) in [4.78, 5) is 4.05. The minimum atomic E-state index is -3.89. The van der Waals surface area contributed by atoms with Crippen LogP contribution in [0.5, 0.6) is 11.5 Å². The number of piperidine rings is 1. The molecule has 3 heterocycles. The number of hydrogen-bond donors (Lipinski definition) is 4. The lowest BCUT2D eigenvalue weighted by molar-refractivity contribution is -0.0311. The SMILES string of the molecule is O=[SH](=O)Nc1cccc(OCCCN[C@H]2COC3(CCN(S(=O)(=O)c4cnc5ccccc5c4O)CC3)C2)c1. The number of benzene rings is 2. The molecule has 0 bridgehead atoms. The van der Waals surface area contributed by atoms with Crippen molar-refractivity contribution in [2.45, 2.75) is 42.2 Å². The Morgan fingerprint density at radius 3 is 2.74 bits per heavy atom. The molecule has 0 amide bonds. The van der Waals surface area contributed by atoms with Gasteiger partial charge in [0, 0.05) is 30.6 Å². The maximum absolute atomic E-state index is 13.3. The molecule has 11 nitrogen and oxygen atoms in total. The Hall–Kier alpha value is -2.97. The first kappa shape index (κ1) is 27.6. The third kappa shape index (κ3) is 6.28. The normalized spacial score (nSPS) is 19.6. The van der Waals surface area contributed by atoms with E-state index in [2.05, 4.69) is 15.0 Å². The number of nitrogens with zero attached hydrogens (tertiary/aromatic N) is 2. The van der Waals surface area contributed by atoms with E-state index in [1.54, 1.807) is 48.5 Å². The number of aromatic hydroxyl groups is 1. The Bertz CT molecular complexity index is 1500. The van der Waals surface area contributed by atoms with Crippen molar-refractivity contribution in [3.05, 3.63) is 54.7 Å². The van der Waals surface area contributed by atoms with E-state index < -0.39 is 20.9 Å². The first-order chi connectivity index (χ1) is 18.8. The van der Waals surface area contributed by atoms with Gasteiger partial charge in [0.2, 0.25) is 20.9 Å². The maximum Gasteiger partial charge on any atom is 0.248 e. The number of thiol groups is 1. The van der Waals surface area contributed by atoms with Crippen LogP contribution in [-0.4, -0.2) is 75.7 Å². The zero-order chi connectivity index (χ0) is 27.5. The molecule has 5 rings (SSSR count). The zero-order valence-electron chi connectivity index (χ0n) is 21.3. The van der Waals surface area contributed by atoms with Crippen LogP contribution in [0.1, 0.15) is 25.7 Å². The van der Waals surface area contributed by atoms with Crippen LogP contribution in [0, 0.1) is 0 Å². The summed E-state index contributed by atoms with van der Waals surface area (Å²) >= 11 is 0. The molecule has 1 spiro atoms. The average molecular weight is 577 g/mol. The molecular weight excluding hydrogens is 544 g/mol. The van der Waals surface area contributed by atoms with Gasteiger partial charge in [0.25, 0.3) is 0 Å². The molecule has 210 valence electrons. The molecule has 1 aromatic heterocycles. The van der Waals surface area contributed by atoms with E-state index in [0.717, 1.165) is 19.4 Å². The van der Waals surface area contributed by atoms with Gasteiger partial charge in [-0.3, -0.25) is 9.71 Å². The van der Waals surface area contributed by atoms with Crippen molar-refractivity contribution in [1.29, 1.82) is 0 Å². The van der Waals surface area contributed by atoms with Gasteiger partial charge in [-0.15, -0.1) is 0 Å². The maximum atomic E-state index is 13.3. The van der Waals surface area contributed by atoms with Gasteiger partial charge in [-0.2, -0.15) is 4.31 Å². The van der Waals surface area contributed by atoms with Crippen molar-refractivity contribution in [2.24, 2.45) is 0 Å². The summed E-state index contributed by atoms with van der Waals surface area (Å²) in [6.45, 7) is 2.38. The lowest BCUT2D eigenvalue weighted by Crippen LogP contribution is -2.46. The lowest BCUT2D eigenvalue weighted by Gasteiger charge is -2.38. The van der Waals surface area contributed by atoms with E-state index in [0.29, 0.717) is 61.5 Å². The Balaban J connectivity index is 1.08. The van der Waals surface area contributed by atoms with Gasteiger partial charge < -0.3 is 19.9 Å². The zero-order valence-corrected chi connectivity index (χ0v) is 23.0. The first-order valence-corrected chi connectivity index (χ1v) is 15.5. The highest BCUT2D eigenvalue weighted by molar-refractivity contribution is 7.89. The molecular formula is C26H32N4O7S2. The second-order valence-electron chi connectivity index (χ2n) is 9.84. The van der Waals surface area contributed by atoms with Gasteiger partial charge in [-0.25, -0.2) is 16.8 Å². The summed E-state index contributed by atoms with van der Waals surface area (Å²) in [5.74, 6) is 0.324. The Morgan fingerprint density at radius 2 is 1.95 bits per heavy atom. The Morgan fingerprint density at radius 1 is 1.15 bits per heavy atom. The first-order valence-electron chi connectivity index (χ1n) is 12.8. The molecule has 2 aliphatic rings.